The largest absolute Gasteiger partial charge is 0.465 e. The highest BCUT2D eigenvalue weighted by molar-refractivity contribution is 5.75. The van der Waals surface area contributed by atoms with E-state index < -0.39 is 0 Å². The second-order valence-electron chi connectivity index (χ2n) is 11.7. The molecule has 0 spiro atoms. The quantitative estimate of drug-likeness (QED) is 0.431. The van der Waals surface area contributed by atoms with E-state index in [1.165, 1.54) is 0 Å². The number of rotatable bonds is 9. The van der Waals surface area contributed by atoms with Crippen LogP contribution in [0.2, 0.25) is 0 Å². The zero-order valence-corrected chi connectivity index (χ0v) is 20.4. The summed E-state index contributed by atoms with van der Waals surface area (Å²) in [6.07, 6.45) is 5.22. The Hall–Kier alpha value is -1.14. The van der Waals surface area contributed by atoms with Gasteiger partial charge in [0.25, 0.3) is 0 Å². The molecule has 0 amide bonds. The minimum atomic E-state index is -0.233. The summed E-state index contributed by atoms with van der Waals surface area (Å²) in [6.45, 7) is 17.7. The Bertz CT molecular complexity index is 571. The fourth-order valence-electron chi connectivity index (χ4n) is 5.41. The van der Waals surface area contributed by atoms with Gasteiger partial charge in [0.05, 0.1) is 25.0 Å². The van der Waals surface area contributed by atoms with Gasteiger partial charge in [0.2, 0.25) is 0 Å². The summed E-state index contributed by atoms with van der Waals surface area (Å²) < 4.78 is 11.1. The first-order valence-electron chi connectivity index (χ1n) is 11.6. The minimum Gasteiger partial charge on any atom is -0.465 e. The minimum absolute atomic E-state index is 0.0376. The van der Waals surface area contributed by atoms with E-state index in [4.69, 9.17) is 9.47 Å². The normalized spacial score (nSPS) is 28.3. The third-order valence-corrected chi connectivity index (χ3v) is 6.59. The van der Waals surface area contributed by atoms with Crippen LogP contribution in [0.15, 0.2) is 0 Å². The molecule has 2 saturated heterocycles. The van der Waals surface area contributed by atoms with Crippen LogP contribution in [0.25, 0.3) is 0 Å². The van der Waals surface area contributed by atoms with Crippen molar-refractivity contribution in [1.82, 2.24) is 10.6 Å². The molecule has 0 bridgehead atoms. The van der Waals surface area contributed by atoms with Crippen molar-refractivity contribution in [2.24, 2.45) is 11.8 Å². The van der Waals surface area contributed by atoms with E-state index in [2.05, 4.69) is 66.0 Å². The molecular formula is C24H44N2O4. The van der Waals surface area contributed by atoms with E-state index >= 15 is 0 Å². The molecule has 0 aromatic carbocycles. The SMILES string of the molecule is CC1(C)CC(C(=O)OCCCCCCOC(=O)C2CC(C)(C)NC2(C)C)C(C)(C)N1. The molecule has 0 aliphatic carbocycles. The standard InChI is InChI=1S/C24H44N2O4/c1-21(2)15-17(23(5,6)25-21)19(27)29-13-11-9-10-12-14-30-20(28)18-16-22(3,4)26-24(18,7)8/h17-18,25-26H,9-16H2,1-8H3. The maximum atomic E-state index is 12.5. The Morgan fingerprint density at radius 1 is 0.667 bits per heavy atom. The Morgan fingerprint density at radius 2 is 1.00 bits per heavy atom. The summed E-state index contributed by atoms with van der Waals surface area (Å²) in [7, 11) is 0. The van der Waals surface area contributed by atoms with Crippen molar-refractivity contribution in [2.45, 2.75) is 116 Å². The Kier molecular flexibility index (Phi) is 7.67. The molecule has 174 valence electrons. The molecule has 2 atom stereocenters. The van der Waals surface area contributed by atoms with Crippen molar-refractivity contribution in [3.63, 3.8) is 0 Å². The summed E-state index contributed by atoms with van der Waals surface area (Å²) in [6, 6.07) is 0. The second-order valence-corrected chi connectivity index (χ2v) is 11.7. The number of hydrogen-bond donors (Lipinski definition) is 2. The van der Waals surface area contributed by atoms with E-state index in [1.54, 1.807) is 0 Å². The van der Waals surface area contributed by atoms with Crippen molar-refractivity contribution in [3.05, 3.63) is 0 Å². The molecule has 2 aliphatic rings. The first-order valence-corrected chi connectivity index (χ1v) is 11.6. The number of esters is 2. The van der Waals surface area contributed by atoms with Crippen LogP contribution in [-0.4, -0.2) is 47.3 Å². The Labute approximate surface area is 183 Å². The zero-order valence-electron chi connectivity index (χ0n) is 20.4. The Balaban J connectivity index is 1.56. The highest BCUT2D eigenvalue weighted by Crippen LogP contribution is 2.37. The summed E-state index contributed by atoms with van der Waals surface area (Å²) in [5.41, 5.74) is -0.541. The van der Waals surface area contributed by atoms with Crippen molar-refractivity contribution in [2.75, 3.05) is 13.2 Å². The molecular weight excluding hydrogens is 380 g/mol. The maximum absolute atomic E-state index is 12.5. The third-order valence-electron chi connectivity index (χ3n) is 6.59. The van der Waals surface area contributed by atoms with Crippen LogP contribution in [-0.2, 0) is 19.1 Å². The van der Waals surface area contributed by atoms with Crippen LogP contribution in [0.4, 0.5) is 0 Å². The molecule has 2 aliphatic heterocycles. The zero-order chi connectivity index (χ0) is 22.8. The molecule has 2 fully saturated rings. The van der Waals surface area contributed by atoms with Gasteiger partial charge in [-0.25, -0.2) is 0 Å². The van der Waals surface area contributed by atoms with Gasteiger partial charge in [0.1, 0.15) is 0 Å². The van der Waals surface area contributed by atoms with Crippen molar-refractivity contribution in [3.8, 4) is 0 Å². The van der Waals surface area contributed by atoms with E-state index in [0.29, 0.717) is 13.2 Å². The second kappa shape index (κ2) is 9.15. The van der Waals surface area contributed by atoms with Crippen LogP contribution >= 0.6 is 0 Å². The monoisotopic (exact) mass is 424 g/mol. The molecule has 0 aromatic heterocycles. The lowest BCUT2D eigenvalue weighted by atomic mass is 9.87. The topological polar surface area (TPSA) is 76.7 Å². The average Bonchev–Trinajstić information content (AvgIpc) is 2.94. The third kappa shape index (κ3) is 6.68. The van der Waals surface area contributed by atoms with Gasteiger partial charge in [-0.05, 0) is 93.9 Å². The summed E-state index contributed by atoms with van der Waals surface area (Å²) in [4.78, 5) is 24.9. The smallest absolute Gasteiger partial charge is 0.310 e. The molecule has 6 heteroatoms. The highest BCUT2D eigenvalue weighted by Gasteiger charge is 2.49. The molecule has 6 nitrogen and oxygen atoms in total. The number of hydrogen-bond acceptors (Lipinski definition) is 6. The lowest BCUT2D eigenvalue weighted by Gasteiger charge is -2.27. The van der Waals surface area contributed by atoms with Crippen LogP contribution < -0.4 is 10.6 Å². The number of ether oxygens (including phenoxy) is 2. The summed E-state index contributed by atoms with van der Waals surface area (Å²) in [5.74, 6) is -0.400. The van der Waals surface area contributed by atoms with Gasteiger partial charge in [0.15, 0.2) is 0 Å². The number of nitrogens with one attached hydrogen (secondary N) is 2. The molecule has 0 saturated carbocycles. The predicted octanol–water partition coefficient (Wildman–Crippen LogP) is 3.97. The van der Waals surface area contributed by atoms with Gasteiger partial charge in [-0.2, -0.15) is 0 Å². The van der Waals surface area contributed by atoms with Crippen LogP contribution in [0.1, 0.15) is 93.9 Å². The maximum Gasteiger partial charge on any atom is 0.310 e. The van der Waals surface area contributed by atoms with E-state index in [0.717, 1.165) is 38.5 Å². The molecule has 0 aromatic rings. The fourth-order valence-corrected chi connectivity index (χ4v) is 5.41. The molecule has 0 radical (unpaired) electrons. The molecule has 2 heterocycles. The first kappa shape index (κ1) is 25.1. The molecule has 2 unspecified atom stereocenters. The molecule has 30 heavy (non-hydrogen) atoms. The van der Waals surface area contributed by atoms with Gasteiger partial charge in [-0.15, -0.1) is 0 Å². The Morgan fingerprint density at radius 3 is 1.27 bits per heavy atom. The highest BCUT2D eigenvalue weighted by atomic mass is 16.5. The van der Waals surface area contributed by atoms with E-state index in [9.17, 15) is 9.59 Å². The van der Waals surface area contributed by atoms with Crippen molar-refractivity contribution >= 4 is 11.9 Å². The van der Waals surface area contributed by atoms with Gasteiger partial charge in [-0.3, -0.25) is 9.59 Å². The predicted molar refractivity (Wildman–Crippen MR) is 119 cm³/mol. The van der Waals surface area contributed by atoms with E-state index in [-0.39, 0.29) is 45.9 Å². The van der Waals surface area contributed by atoms with Crippen LogP contribution in [0.3, 0.4) is 0 Å². The molecule has 2 rings (SSSR count). The number of carbonyl (C=O) groups excluding carboxylic acids is 2. The van der Waals surface area contributed by atoms with Crippen molar-refractivity contribution < 1.29 is 19.1 Å². The van der Waals surface area contributed by atoms with Gasteiger partial charge >= 0.3 is 11.9 Å². The summed E-state index contributed by atoms with van der Waals surface area (Å²) >= 11 is 0. The van der Waals surface area contributed by atoms with Gasteiger partial charge in [-0.1, -0.05) is 0 Å². The van der Waals surface area contributed by atoms with Crippen LogP contribution in [0.5, 0.6) is 0 Å². The first-order chi connectivity index (χ1) is 13.7. The average molecular weight is 425 g/mol. The lowest BCUT2D eigenvalue weighted by Crippen LogP contribution is -2.46. The van der Waals surface area contributed by atoms with Gasteiger partial charge < -0.3 is 20.1 Å². The lowest BCUT2D eigenvalue weighted by molar-refractivity contribution is -0.151. The van der Waals surface area contributed by atoms with Crippen molar-refractivity contribution in [1.29, 1.82) is 0 Å². The fraction of sp³-hybridized carbons (Fsp3) is 0.917. The number of unbranched alkanes of at least 4 members (excludes halogenated alkanes) is 3. The van der Waals surface area contributed by atoms with Crippen LogP contribution in [0, 0.1) is 11.8 Å². The van der Waals surface area contributed by atoms with E-state index in [1.807, 2.05) is 0 Å². The summed E-state index contributed by atoms with van der Waals surface area (Å²) in [5, 5.41) is 7.04. The van der Waals surface area contributed by atoms with Gasteiger partial charge in [0, 0.05) is 22.2 Å². The molecule has 2 N–H and O–H groups in total. The number of carbonyl (C=O) groups is 2.